The molecule has 0 saturated carbocycles. The second-order valence-electron chi connectivity index (χ2n) is 3.55. The maximum Gasteiger partial charge on any atom is 0.126 e. The van der Waals surface area contributed by atoms with Crippen molar-refractivity contribution in [1.82, 2.24) is 4.98 Å². The molecule has 84 valence electrons. The van der Waals surface area contributed by atoms with E-state index in [1.807, 2.05) is 31.2 Å². The lowest BCUT2D eigenvalue weighted by Gasteiger charge is -1.99. The molecule has 3 nitrogen and oxygen atoms in total. The summed E-state index contributed by atoms with van der Waals surface area (Å²) in [6, 6.07) is 7.78. The first-order chi connectivity index (χ1) is 7.72. The highest BCUT2D eigenvalue weighted by atomic mass is 32.1. The summed E-state index contributed by atoms with van der Waals surface area (Å²) in [4.78, 5) is 5.67. The molecular weight excluding hydrogens is 220 g/mol. The van der Waals surface area contributed by atoms with Crippen molar-refractivity contribution >= 4 is 17.0 Å². The van der Waals surface area contributed by atoms with Gasteiger partial charge in [0.2, 0.25) is 0 Å². The van der Waals surface area contributed by atoms with E-state index in [9.17, 15) is 0 Å². The Bertz CT molecular complexity index is 494. The molecule has 0 spiro atoms. The highest BCUT2D eigenvalue weighted by Crippen LogP contribution is 2.31. The molecule has 0 saturated heterocycles. The van der Waals surface area contributed by atoms with Crippen LogP contribution in [0.3, 0.4) is 0 Å². The summed E-state index contributed by atoms with van der Waals surface area (Å²) in [5, 5.41) is 0.961. The highest BCUT2D eigenvalue weighted by Gasteiger charge is 2.10. The number of hydrogen-bond acceptors (Lipinski definition) is 4. The van der Waals surface area contributed by atoms with Gasteiger partial charge in [-0.15, -0.1) is 11.3 Å². The van der Waals surface area contributed by atoms with E-state index in [4.69, 9.17) is 10.5 Å². The van der Waals surface area contributed by atoms with Crippen molar-refractivity contribution in [2.75, 3.05) is 12.8 Å². The number of rotatable bonds is 3. The number of nitrogen functional groups attached to an aromatic ring is 1. The van der Waals surface area contributed by atoms with Gasteiger partial charge in [-0.05, 0) is 19.1 Å². The molecule has 2 aromatic rings. The SMILES string of the molecule is COCc1sc(-c2ccccc2N)nc1C. The van der Waals surface area contributed by atoms with Crippen LogP contribution in [0.25, 0.3) is 10.6 Å². The van der Waals surface area contributed by atoms with Gasteiger partial charge in [0.25, 0.3) is 0 Å². The zero-order chi connectivity index (χ0) is 11.5. The Hall–Kier alpha value is -1.39. The fourth-order valence-electron chi connectivity index (χ4n) is 1.50. The number of aromatic nitrogens is 1. The van der Waals surface area contributed by atoms with Crippen LogP contribution in [-0.2, 0) is 11.3 Å². The summed E-state index contributed by atoms with van der Waals surface area (Å²) in [6.07, 6.45) is 0. The molecule has 0 fully saturated rings. The van der Waals surface area contributed by atoms with Gasteiger partial charge >= 0.3 is 0 Å². The van der Waals surface area contributed by atoms with Crippen molar-refractivity contribution in [2.45, 2.75) is 13.5 Å². The van der Waals surface area contributed by atoms with Gasteiger partial charge in [0, 0.05) is 18.4 Å². The summed E-state index contributed by atoms with van der Waals surface area (Å²) in [5.74, 6) is 0. The van der Waals surface area contributed by atoms with E-state index in [2.05, 4.69) is 4.98 Å². The van der Waals surface area contributed by atoms with E-state index >= 15 is 0 Å². The topological polar surface area (TPSA) is 48.1 Å². The van der Waals surface area contributed by atoms with Gasteiger partial charge in [-0.25, -0.2) is 4.98 Å². The summed E-state index contributed by atoms with van der Waals surface area (Å²) in [5.41, 5.74) is 8.70. The maximum atomic E-state index is 5.92. The lowest BCUT2D eigenvalue weighted by Crippen LogP contribution is -1.88. The number of para-hydroxylation sites is 1. The second-order valence-corrected chi connectivity index (χ2v) is 4.63. The van der Waals surface area contributed by atoms with Gasteiger partial charge in [-0.2, -0.15) is 0 Å². The zero-order valence-corrected chi connectivity index (χ0v) is 10.2. The molecule has 16 heavy (non-hydrogen) atoms. The van der Waals surface area contributed by atoms with Crippen molar-refractivity contribution < 1.29 is 4.74 Å². The van der Waals surface area contributed by atoms with Crippen molar-refractivity contribution in [3.8, 4) is 10.6 Å². The number of benzene rings is 1. The van der Waals surface area contributed by atoms with Crippen LogP contribution in [0.1, 0.15) is 10.6 Å². The van der Waals surface area contributed by atoms with E-state index in [1.165, 1.54) is 0 Å². The van der Waals surface area contributed by atoms with Gasteiger partial charge in [-0.3, -0.25) is 0 Å². The Morgan fingerprint density at radius 2 is 2.12 bits per heavy atom. The third-order valence-electron chi connectivity index (χ3n) is 2.36. The molecule has 1 heterocycles. The molecule has 4 heteroatoms. The summed E-state index contributed by atoms with van der Waals surface area (Å²) >= 11 is 1.64. The number of methoxy groups -OCH3 is 1. The van der Waals surface area contributed by atoms with Gasteiger partial charge in [0.1, 0.15) is 5.01 Å². The molecular formula is C12H14N2OS. The van der Waals surface area contributed by atoms with E-state index in [0.717, 1.165) is 26.8 Å². The molecule has 2 N–H and O–H groups in total. The van der Waals surface area contributed by atoms with Gasteiger partial charge in [0.05, 0.1) is 17.2 Å². The standard InChI is InChI=1S/C12H14N2OS/c1-8-11(7-15-2)16-12(14-8)9-5-3-4-6-10(9)13/h3-6H,7,13H2,1-2H3. The fourth-order valence-corrected chi connectivity index (χ4v) is 2.58. The van der Waals surface area contributed by atoms with E-state index in [-0.39, 0.29) is 0 Å². The van der Waals surface area contributed by atoms with Crippen LogP contribution in [0.2, 0.25) is 0 Å². The number of nitrogens with two attached hydrogens (primary N) is 1. The lowest BCUT2D eigenvalue weighted by molar-refractivity contribution is 0.187. The predicted octanol–water partition coefficient (Wildman–Crippen LogP) is 2.85. The van der Waals surface area contributed by atoms with Crippen LogP contribution < -0.4 is 5.73 Å². The van der Waals surface area contributed by atoms with Crippen LogP contribution in [0, 0.1) is 6.92 Å². The van der Waals surface area contributed by atoms with E-state index < -0.39 is 0 Å². The fraction of sp³-hybridized carbons (Fsp3) is 0.250. The zero-order valence-electron chi connectivity index (χ0n) is 9.36. The Balaban J connectivity index is 2.42. The Morgan fingerprint density at radius 1 is 1.38 bits per heavy atom. The smallest absolute Gasteiger partial charge is 0.126 e. The molecule has 1 aromatic carbocycles. The molecule has 2 rings (SSSR count). The minimum absolute atomic E-state index is 0.607. The number of anilines is 1. The quantitative estimate of drug-likeness (QED) is 0.831. The van der Waals surface area contributed by atoms with Crippen LogP contribution in [-0.4, -0.2) is 12.1 Å². The summed E-state index contributed by atoms with van der Waals surface area (Å²) in [6.45, 7) is 2.60. The number of nitrogens with zero attached hydrogens (tertiary/aromatic N) is 1. The minimum Gasteiger partial charge on any atom is -0.398 e. The third kappa shape index (κ3) is 2.08. The molecule has 0 aliphatic carbocycles. The van der Waals surface area contributed by atoms with Crippen molar-refractivity contribution in [1.29, 1.82) is 0 Å². The second kappa shape index (κ2) is 4.63. The molecule has 0 aliphatic rings. The molecule has 0 atom stereocenters. The Kier molecular flexibility index (Phi) is 3.22. The average molecular weight is 234 g/mol. The Morgan fingerprint density at radius 3 is 2.81 bits per heavy atom. The van der Waals surface area contributed by atoms with Gasteiger partial charge in [0.15, 0.2) is 0 Å². The lowest BCUT2D eigenvalue weighted by atomic mass is 10.2. The highest BCUT2D eigenvalue weighted by molar-refractivity contribution is 7.15. The normalized spacial score (nSPS) is 10.6. The van der Waals surface area contributed by atoms with Crippen LogP contribution in [0.5, 0.6) is 0 Å². The number of ether oxygens (including phenoxy) is 1. The minimum atomic E-state index is 0.607. The van der Waals surface area contributed by atoms with Gasteiger partial charge in [-0.1, -0.05) is 12.1 Å². The van der Waals surface area contributed by atoms with E-state index in [0.29, 0.717) is 6.61 Å². The van der Waals surface area contributed by atoms with Crippen LogP contribution in [0.15, 0.2) is 24.3 Å². The first kappa shape index (κ1) is 11.1. The molecule has 1 aromatic heterocycles. The first-order valence-electron chi connectivity index (χ1n) is 5.02. The molecule has 0 unspecified atom stereocenters. The predicted molar refractivity (Wildman–Crippen MR) is 67.4 cm³/mol. The van der Waals surface area contributed by atoms with Crippen LogP contribution >= 0.6 is 11.3 Å². The van der Waals surface area contributed by atoms with Gasteiger partial charge < -0.3 is 10.5 Å². The third-order valence-corrected chi connectivity index (χ3v) is 3.52. The van der Waals surface area contributed by atoms with Crippen molar-refractivity contribution in [3.05, 3.63) is 34.8 Å². The van der Waals surface area contributed by atoms with Crippen molar-refractivity contribution in [3.63, 3.8) is 0 Å². The summed E-state index contributed by atoms with van der Waals surface area (Å²) in [7, 11) is 1.69. The monoisotopic (exact) mass is 234 g/mol. The maximum absolute atomic E-state index is 5.92. The molecule has 0 amide bonds. The first-order valence-corrected chi connectivity index (χ1v) is 5.84. The number of aryl methyl sites for hydroxylation is 1. The Labute approximate surface area is 98.9 Å². The molecule has 0 radical (unpaired) electrons. The average Bonchev–Trinajstić information content (AvgIpc) is 2.61. The van der Waals surface area contributed by atoms with Crippen LogP contribution in [0.4, 0.5) is 5.69 Å². The summed E-state index contributed by atoms with van der Waals surface area (Å²) < 4.78 is 5.13. The number of hydrogen-bond donors (Lipinski definition) is 1. The van der Waals surface area contributed by atoms with Crippen molar-refractivity contribution in [2.24, 2.45) is 0 Å². The molecule has 0 bridgehead atoms. The number of thiazole rings is 1. The largest absolute Gasteiger partial charge is 0.398 e. The molecule has 0 aliphatic heterocycles. The van der Waals surface area contributed by atoms with E-state index in [1.54, 1.807) is 18.4 Å².